The molecular formula is C50H58N4O13S. The number of benzene rings is 3. The van der Waals surface area contributed by atoms with E-state index in [1.54, 1.807) is 44.7 Å². The number of hydrogen-bond acceptors (Lipinski definition) is 17. The Bertz CT molecular complexity index is 2690. The zero-order valence-electron chi connectivity index (χ0n) is 40.2. The number of nitrogens with zero attached hydrogens (tertiary/aromatic N) is 3. The molecule has 1 spiro atoms. The van der Waals surface area contributed by atoms with Crippen molar-refractivity contribution in [2.24, 2.45) is 5.41 Å². The number of nitrogens with one attached hydrogen (secondary N) is 1. The van der Waals surface area contributed by atoms with E-state index in [-0.39, 0.29) is 66.6 Å². The molecule has 7 heterocycles. The fourth-order valence-corrected chi connectivity index (χ4v) is 12.9. The Kier molecular flexibility index (Phi) is 11.8. The summed E-state index contributed by atoms with van der Waals surface area (Å²) in [5.74, 6) is 0.0201. The Morgan fingerprint density at radius 2 is 1.69 bits per heavy atom. The van der Waals surface area contributed by atoms with Crippen LogP contribution in [0.25, 0.3) is 0 Å². The minimum Gasteiger partial charge on any atom is -0.504 e. The molecule has 2 saturated heterocycles. The Labute approximate surface area is 399 Å². The van der Waals surface area contributed by atoms with Gasteiger partial charge in [-0.2, -0.15) is 5.26 Å². The van der Waals surface area contributed by atoms with E-state index in [1.807, 2.05) is 38.7 Å². The van der Waals surface area contributed by atoms with Gasteiger partial charge in [0.1, 0.15) is 24.0 Å². The number of fused-ring (bicyclic) bond motifs is 9. The third-order valence-electron chi connectivity index (χ3n) is 13.7. The first kappa shape index (κ1) is 47.2. The summed E-state index contributed by atoms with van der Waals surface area (Å²) in [6.07, 6.45) is -0.0882. The van der Waals surface area contributed by atoms with Crippen molar-refractivity contribution in [1.29, 1.82) is 5.26 Å². The molecule has 10 rings (SSSR count). The number of methoxy groups -OCH3 is 2. The summed E-state index contributed by atoms with van der Waals surface area (Å²) in [6, 6.07) is 3.60. The number of carbonyl (C=O) groups is 4. The molecule has 1 amide bonds. The largest absolute Gasteiger partial charge is 0.514 e. The van der Waals surface area contributed by atoms with Crippen molar-refractivity contribution >= 4 is 35.8 Å². The van der Waals surface area contributed by atoms with Crippen LogP contribution in [0.15, 0.2) is 18.2 Å². The summed E-state index contributed by atoms with van der Waals surface area (Å²) >= 11 is 1.37. The van der Waals surface area contributed by atoms with Crippen LogP contribution >= 0.6 is 11.8 Å². The number of phenolic OH excluding ortho intramolecular Hbond substituents is 1. The smallest absolute Gasteiger partial charge is 0.504 e. The number of hydrogen-bond donors (Lipinski definition) is 2. The molecule has 0 aliphatic carbocycles. The molecule has 17 nitrogen and oxygen atoms in total. The molecule has 7 aliphatic heterocycles. The standard InChI is InChI=1S/C50H58N4O13S/c1-23-14-27-15-29-30(19-51)53-31-20-62-46(58)50(28-17-32(60-10)33(16-26(28)12-13-52-50)66-47(59)67-49(7,8)9)21-68-45(37-36(31)44-43(63-22-64-44)24(2)42(37)65-25(3)55)39(53)38(35(27)40(57)41(23)61-11)54(29)34(56)18-48(4,5)6/h14,16-17,29-31,38-39,45,52,57H,12-13,15,18,20-22H2,1-11H3/t29-,30+,31+,38+,39?,45-,50-/m1/s1. The average molecular weight is 955 g/mol. The predicted octanol–water partition coefficient (Wildman–Crippen LogP) is 6.93. The molecule has 0 radical (unpaired) electrons. The summed E-state index contributed by atoms with van der Waals surface area (Å²) in [5.41, 5.74) is 1.99. The maximum absolute atomic E-state index is 15.2. The maximum atomic E-state index is 15.2. The maximum Gasteiger partial charge on any atom is 0.514 e. The minimum atomic E-state index is -1.54. The molecule has 3 aromatic rings. The highest BCUT2D eigenvalue weighted by molar-refractivity contribution is 7.99. The van der Waals surface area contributed by atoms with Gasteiger partial charge >= 0.3 is 18.1 Å². The molecule has 1 unspecified atom stereocenters. The van der Waals surface area contributed by atoms with Crippen molar-refractivity contribution in [2.75, 3.05) is 39.9 Å². The van der Waals surface area contributed by atoms with Gasteiger partial charge in [-0.25, -0.2) is 9.59 Å². The van der Waals surface area contributed by atoms with Crippen molar-refractivity contribution in [2.45, 2.75) is 128 Å². The molecule has 2 fully saturated rings. The van der Waals surface area contributed by atoms with Crippen LogP contribution in [0.4, 0.5) is 4.79 Å². The van der Waals surface area contributed by atoms with Crippen molar-refractivity contribution < 1.29 is 62.2 Å². The molecular weight excluding hydrogens is 897 g/mol. The molecule has 7 aliphatic rings. The fourth-order valence-electron chi connectivity index (χ4n) is 11.2. The van der Waals surface area contributed by atoms with Crippen molar-refractivity contribution in [3.63, 3.8) is 0 Å². The van der Waals surface area contributed by atoms with Crippen LogP contribution in [0, 0.1) is 30.6 Å². The van der Waals surface area contributed by atoms with E-state index in [1.165, 1.54) is 32.9 Å². The summed E-state index contributed by atoms with van der Waals surface area (Å²) < 4.78 is 47.9. The molecule has 68 heavy (non-hydrogen) atoms. The SMILES string of the molecule is COc1cc2c(cc1OC(=O)OC(C)(C)C)CCN[C@]21CS[C@@H]2c3c(OC(C)=O)c(C)c4c(c3[C@H](COC1=O)N1C2[C@@H]2c3c(cc(C)c(OC)c3O)C[C@H]([C@@H]1C#N)N2C(=O)CC(C)(C)C)OCO4. The van der Waals surface area contributed by atoms with Gasteiger partial charge in [-0.1, -0.05) is 26.8 Å². The fraction of sp³-hybridized carbons (Fsp3) is 0.540. The average Bonchev–Trinajstić information content (AvgIpc) is 3.74. The van der Waals surface area contributed by atoms with Gasteiger partial charge in [0.15, 0.2) is 40.0 Å². The highest BCUT2D eigenvalue weighted by Gasteiger charge is 2.63. The monoisotopic (exact) mass is 954 g/mol. The third-order valence-corrected chi connectivity index (χ3v) is 15.1. The van der Waals surface area contributed by atoms with Crippen LogP contribution in [-0.4, -0.2) is 103 Å². The number of piperazine rings is 1. The van der Waals surface area contributed by atoms with Crippen LogP contribution in [0.1, 0.15) is 117 Å². The van der Waals surface area contributed by atoms with Crippen molar-refractivity contribution in [1.82, 2.24) is 15.1 Å². The number of thioether (sulfide) groups is 1. The van der Waals surface area contributed by atoms with Crippen LogP contribution in [0.3, 0.4) is 0 Å². The first-order valence-corrected chi connectivity index (χ1v) is 23.9. The lowest BCUT2D eigenvalue weighted by Gasteiger charge is -2.62. The van der Waals surface area contributed by atoms with Crippen LogP contribution in [0.5, 0.6) is 40.2 Å². The summed E-state index contributed by atoms with van der Waals surface area (Å²) in [4.78, 5) is 60.4. The third kappa shape index (κ3) is 7.61. The Hall–Kier alpha value is -5.90. The van der Waals surface area contributed by atoms with E-state index in [9.17, 15) is 20.0 Å². The van der Waals surface area contributed by atoms with Crippen LogP contribution in [0.2, 0.25) is 0 Å². The van der Waals surface area contributed by atoms with Crippen molar-refractivity contribution in [3.05, 3.63) is 62.7 Å². The first-order chi connectivity index (χ1) is 32.1. The normalized spacial score (nSPS) is 25.7. The second-order valence-corrected chi connectivity index (χ2v) is 21.6. The Morgan fingerprint density at radius 3 is 2.35 bits per heavy atom. The number of rotatable bonds is 5. The van der Waals surface area contributed by atoms with Gasteiger partial charge in [-0.15, -0.1) is 11.8 Å². The number of ether oxygens (including phenoxy) is 8. The Balaban J connectivity index is 1.30. The second-order valence-electron chi connectivity index (χ2n) is 20.5. The number of esters is 2. The molecule has 18 heteroatoms. The number of aromatic hydroxyl groups is 1. The second kappa shape index (κ2) is 17.0. The molecule has 0 saturated carbocycles. The van der Waals surface area contributed by atoms with Crippen LogP contribution in [-0.2, 0) is 42.2 Å². The number of aryl methyl sites for hydroxylation is 1. The Morgan fingerprint density at radius 1 is 0.956 bits per heavy atom. The van der Waals surface area contributed by atoms with Gasteiger partial charge in [-0.05, 0) is 87.3 Å². The lowest BCUT2D eigenvalue weighted by atomic mass is 9.70. The van der Waals surface area contributed by atoms with E-state index in [2.05, 4.69) is 11.4 Å². The van der Waals surface area contributed by atoms with Gasteiger partial charge in [0.2, 0.25) is 12.7 Å². The van der Waals surface area contributed by atoms with Gasteiger partial charge in [0.25, 0.3) is 0 Å². The van der Waals surface area contributed by atoms with Crippen molar-refractivity contribution in [3.8, 4) is 46.3 Å². The van der Waals surface area contributed by atoms with Gasteiger partial charge in [0, 0.05) is 47.9 Å². The van der Waals surface area contributed by atoms with Gasteiger partial charge in [0.05, 0.1) is 49.7 Å². The lowest BCUT2D eigenvalue weighted by molar-refractivity contribution is -0.162. The first-order valence-electron chi connectivity index (χ1n) is 22.8. The van der Waals surface area contributed by atoms with E-state index in [4.69, 9.17) is 37.9 Å². The number of amides is 1. The highest BCUT2D eigenvalue weighted by atomic mass is 32.2. The summed E-state index contributed by atoms with van der Waals surface area (Å²) in [6.45, 7) is 16.0. The van der Waals surface area contributed by atoms with Crippen LogP contribution < -0.4 is 33.7 Å². The van der Waals surface area contributed by atoms with E-state index in [0.29, 0.717) is 63.4 Å². The number of nitriles is 1. The molecule has 4 bridgehead atoms. The quantitative estimate of drug-likeness (QED) is 0.151. The van der Waals surface area contributed by atoms with E-state index < -0.39 is 70.1 Å². The van der Waals surface area contributed by atoms with E-state index in [0.717, 1.165) is 5.56 Å². The predicted molar refractivity (Wildman–Crippen MR) is 246 cm³/mol. The summed E-state index contributed by atoms with van der Waals surface area (Å²) in [5, 5.41) is 26.7. The molecule has 2 N–H and O–H groups in total. The molecule has 3 aromatic carbocycles. The zero-order valence-corrected chi connectivity index (χ0v) is 41.1. The van der Waals surface area contributed by atoms with Gasteiger partial charge in [-0.3, -0.25) is 19.8 Å². The topological polar surface area (TPSA) is 205 Å². The molecule has 0 aromatic heterocycles. The highest BCUT2D eigenvalue weighted by Crippen LogP contribution is 2.65. The molecule has 7 atom stereocenters. The number of phenols is 1. The summed E-state index contributed by atoms with van der Waals surface area (Å²) in [7, 11) is 2.92. The zero-order chi connectivity index (χ0) is 48.9. The number of carbonyl (C=O) groups excluding carboxylic acids is 4. The molecule has 362 valence electrons. The minimum absolute atomic E-state index is 0.000262. The van der Waals surface area contributed by atoms with Gasteiger partial charge < -0.3 is 47.9 Å². The lowest BCUT2D eigenvalue weighted by Crippen LogP contribution is -2.71. The van der Waals surface area contributed by atoms with E-state index >= 15 is 9.59 Å².